The van der Waals surface area contributed by atoms with Crippen molar-refractivity contribution in [3.63, 3.8) is 0 Å². The Morgan fingerprint density at radius 2 is 2.11 bits per heavy atom. The Morgan fingerprint density at radius 1 is 1.26 bits per heavy atom. The molecular weight excluding hydrogens is 244 g/mol. The quantitative estimate of drug-likeness (QED) is 0.727. The molecule has 0 amide bonds. The molecule has 0 bridgehead atoms. The van der Waals surface area contributed by atoms with Gasteiger partial charge in [-0.25, -0.2) is 9.97 Å². The van der Waals surface area contributed by atoms with E-state index in [1.165, 1.54) is 0 Å². The van der Waals surface area contributed by atoms with Crippen molar-refractivity contribution in [1.82, 2.24) is 34.7 Å². The molecule has 0 fully saturated rings. The fraction of sp³-hybridized carbons (Fsp3) is 0.364. The Hall–Kier alpha value is -2.51. The van der Waals surface area contributed by atoms with E-state index < -0.39 is 0 Å². The molecule has 0 aliphatic heterocycles. The first-order valence-electron chi connectivity index (χ1n) is 6.04. The highest BCUT2D eigenvalue weighted by molar-refractivity contribution is 5.79. The number of nitrogens with one attached hydrogen (secondary N) is 2. The lowest BCUT2D eigenvalue weighted by Gasteiger charge is -2.06. The molecule has 3 heterocycles. The first kappa shape index (κ1) is 11.6. The zero-order valence-corrected chi connectivity index (χ0v) is 11.0. The van der Waals surface area contributed by atoms with Crippen LogP contribution >= 0.6 is 0 Å². The van der Waals surface area contributed by atoms with Gasteiger partial charge in [0, 0.05) is 6.54 Å². The van der Waals surface area contributed by atoms with E-state index in [0.717, 1.165) is 17.9 Å². The number of fused-ring (bicyclic) bond motifs is 1. The van der Waals surface area contributed by atoms with Gasteiger partial charge in [0.1, 0.15) is 17.2 Å². The molecule has 19 heavy (non-hydrogen) atoms. The minimum Gasteiger partial charge on any atom is -0.354 e. The standard InChI is InChI=1S/C11H14N8/c1-4-12-11-16-9-8(13-5-14-9)10(17-11)19-7(3)15-6(2)18-19/h5H,4H2,1-3H3,(H2,12,13,14,16,17). The number of aryl methyl sites for hydroxylation is 2. The van der Waals surface area contributed by atoms with Crippen LogP contribution in [0.15, 0.2) is 6.33 Å². The van der Waals surface area contributed by atoms with Gasteiger partial charge in [-0.1, -0.05) is 0 Å². The average molecular weight is 258 g/mol. The minimum atomic E-state index is 0.532. The second-order valence-corrected chi connectivity index (χ2v) is 4.12. The Morgan fingerprint density at radius 3 is 2.79 bits per heavy atom. The molecule has 0 aliphatic rings. The van der Waals surface area contributed by atoms with Crippen LogP contribution in [-0.4, -0.2) is 41.2 Å². The highest BCUT2D eigenvalue weighted by atomic mass is 15.4. The highest BCUT2D eigenvalue weighted by Crippen LogP contribution is 2.18. The molecular formula is C11H14N8. The van der Waals surface area contributed by atoms with Crippen molar-refractivity contribution in [2.24, 2.45) is 0 Å². The van der Waals surface area contributed by atoms with Crippen LogP contribution in [0.25, 0.3) is 17.0 Å². The van der Waals surface area contributed by atoms with Crippen LogP contribution in [0.5, 0.6) is 0 Å². The Labute approximate surface area is 109 Å². The number of hydrogen-bond donors (Lipinski definition) is 2. The number of imidazole rings is 1. The summed E-state index contributed by atoms with van der Waals surface area (Å²) in [7, 11) is 0. The van der Waals surface area contributed by atoms with Crippen molar-refractivity contribution < 1.29 is 0 Å². The van der Waals surface area contributed by atoms with Crippen molar-refractivity contribution in [2.45, 2.75) is 20.8 Å². The Balaban J connectivity index is 2.26. The van der Waals surface area contributed by atoms with Crippen LogP contribution in [-0.2, 0) is 0 Å². The summed E-state index contributed by atoms with van der Waals surface area (Å²) < 4.78 is 1.69. The zero-order chi connectivity index (χ0) is 13.4. The van der Waals surface area contributed by atoms with Crippen LogP contribution in [0, 0.1) is 13.8 Å². The molecule has 8 nitrogen and oxygen atoms in total. The second-order valence-electron chi connectivity index (χ2n) is 4.12. The number of anilines is 1. The summed E-state index contributed by atoms with van der Waals surface area (Å²) in [4.78, 5) is 20.3. The summed E-state index contributed by atoms with van der Waals surface area (Å²) in [5.41, 5.74) is 1.35. The lowest BCUT2D eigenvalue weighted by atomic mass is 10.5. The maximum absolute atomic E-state index is 4.47. The number of aromatic nitrogens is 7. The molecule has 0 saturated carbocycles. The van der Waals surface area contributed by atoms with Gasteiger partial charge in [0.25, 0.3) is 0 Å². The van der Waals surface area contributed by atoms with E-state index in [9.17, 15) is 0 Å². The van der Waals surface area contributed by atoms with Gasteiger partial charge in [-0.3, -0.25) is 0 Å². The molecule has 0 saturated heterocycles. The van der Waals surface area contributed by atoms with E-state index >= 15 is 0 Å². The van der Waals surface area contributed by atoms with Gasteiger partial charge in [-0.05, 0) is 20.8 Å². The molecule has 0 radical (unpaired) electrons. The molecule has 3 rings (SSSR count). The van der Waals surface area contributed by atoms with Gasteiger partial charge in [0.2, 0.25) is 5.95 Å². The highest BCUT2D eigenvalue weighted by Gasteiger charge is 2.14. The molecule has 0 aliphatic carbocycles. The van der Waals surface area contributed by atoms with Crippen molar-refractivity contribution >= 4 is 17.1 Å². The fourth-order valence-corrected chi connectivity index (χ4v) is 1.93. The van der Waals surface area contributed by atoms with Gasteiger partial charge in [-0.2, -0.15) is 14.6 Å². The summed E-state index contributed by atoms with van der Waals surface area (Å²) in [5.74, 6) is 2.66. The summed E-state index contributed by atoms with van der Waals surface area (Å²) >= 11 is 0. The first-order valence-corrected chi connectivity index (χ1v) is 6.04. The third-order valence-electron chi connectivity index (χ3n) is 2.68. The number of hydrogen-bond acceptors (Lipinski definition) is 6. The molecule has 3 aromatic heterocycles. The fourth-order valence-electron chi connectivity index (χ4n) is 1.93. The molecule has 3 aromatic rings. The topological polar surface area (TPSA) is 97.2 Å². The molecule has 2 N–H and O–H groups in total. The summed E-state index contributed by atoms with van der Waals surface area (Å²) in [6, 6.07) is 0. The normalized spacial score (nSPS) is 11.1. The smallest absolute Gasteiger partial charge is 0.226 e. The molecule has 0 atom stereocenters. The number of H-pyrrole nitrogens is 1. The van der Waals surface area contributed by atoms with Crippen LogP contribution in [0.3, 0.4) is 0 Å². The second kappa shape index (κ2) is 4.30. The predicted molar refractivity (Wildman–Crippen MR) is 70.2 cm³/mol. The summed E-state index contributed by atoms with van der Waals surface area (Å²) in [5, 5.41) is 7.44. The maximum atomic E-state index is 4.47. The largest absolute Gasteiger partial charge is 0.354 e. The minimum absolute atomic E-state index is 0.532. The predicted octanol–water partition coefficient (Wildman–Crippen LogP) is 0.982. The van der Waals surface area contributed by atoms with E-state index in [2.05, 4.69) is 35.3 Å². The Bertz CT molecular complexity index is 725. The number of nitrogens with zero attached hydrogens (tertiary/aromatic N) is 6. The maximum Gasteiger partial charge on any atom is 0.226 e. The van der Waals surface area contributed by atoms with Gasteiger partial charge in [0.15, 0.2) is 11.5 Å². The zero-order valence-electron chi connectivity index (χ0n) is 11.0. The van der Waals surface area contributed by atoms with Gasteiger partial charge >= 0.3 is 0 Å². The van der Waals surface area contributed by atoms with Crippen LogP contribution < -0.4 is 5.32 Å². The molecule has 8 heteroatoms. The van der Waals surface area contributed by atoms with E-state index in [4.69, 9.17) is 0 Å². The van der Waals surface area contributed by atoms with Gasteiger partial charge < -0.3 is 10.3 Å². The first-order chi connectivity index (χ1) is 9.19. The third-order valence-corrected chi connectivity index (χ3v) is 2.68. The summed E-state index contributed by atoms with van der Waals surface area (Å²) in [6.07, 6.45) is 1.59. The average Bonchev–Trinajstić information content (AvgIpc) is 2.95. The third kappa shape index (κ3) is 1.90. The number of aromatic amines is 1. The van der Waals surface area contributed by atoms with Crippen molar-refractivity contribution in [3.8, 4) is 5.82 Å². The van der Waals surface area contributed by atoms with Crippen LogP contribution in [0.4, 0.5) is 5.95 Å². The van der Waals surface area contributed by atoms with Crippen LogP contribution in [0.1, 0.15) is 18.6 Å². The van der Waals surface area contributed by atoms with Gasteiger partial charge in [0.05, 0.1) is 6.33 Å². The lowest BCUT2D eigenvalue weighted by Crippen LogP contribution is -2.09. The molecule has 98 valence electrons. The van der Waals surface area contributed by atoms with Crippen molar-refractivity contribution in [2.75, 3.05) is 11.9 Å². The monoisotopic (exact) mass is 258 g/mol. The van der Waals surface area contributed by atoms with Crippen molar-refractivity contribution in [1.29, 1.82) is 0 Å². The van der Waals surface area contributed by atoms with E-state index in [1.807, 2.05) is 20.8 Å². The summed E-state index contributed by atoms with van der Waals surface area (Å²) in [6.45, 7) is 6.46. The van der Waals surface area contributed by atoms with Crippen LogP contribution in [0.2, 0.25) is 0 Å². The molecule has 0 spiro atoms. The van der Waals surface area contributed by atoms with E-state index in [0.29, 0.717) is 23.2 Å². The van der Waals surface area contributed by atoms with E-state index in [-0.39, 0.29) is 0 Å². The van der Waals surface area contributed by atoms with E-state index in [1.54, 1.807) is 11.0 Å². The molecule has 0 aromatic carbocycles. The lowest BCUT2D eigenvalue weighted by molar-refractivity contribution is 0.806. The SMILES string of the molecule is CCNc1nc(-n2nc(C)nc2C)c2[nH]cnc2n1. The number of rotatable bonds is 3. The van der Waals surface area contributed by atoms with Gasteiger partial charge in [-0.15, -0.1) is 5.10 Å². The van der Waals surface area contributed by atoms with Crippen molar-refractivity contribution in [3.05, 3.63) is 18.0 Å². The Kier molecular flexibility index (Phi) is 2.62. The molecule has 0 unspecified atom stereocenters.